The lowest BCUT2D eigenvalue weighted by Gasteiger charge is -2.14. The maximum Gasteiger partial charge on any atom is 0.223 e. The molecule has 0 fully saturated rings. The zero-order chi connectivity index (χ0) is 16.3. The Balaban J connectivity index is 2.26. The number of aryl methyl sites for hydroxylation is 1. The van der Waals surface area contributed by atoms with Crippen LogP contribution in [0.5, 0.6) is 0 Å². The van der Waals surface area contributed by atoms with Crippen molar-refractivity contribution in [1.82, 2.24) is 15.0 Å². The van der Waals surface area contributed by atoms with Crippen molar-refractivity contribution in [1.29, 1.82) is 0 Å². The fourth-order valence-electron chi connectivity index (χ4n) is 1.98. The zero-order valence-electron chi connectivity index (χ0n) is 13.8. The van der Waals surface area contributed by atoms with Crippen molar-refractivity contribution < 1.29 is 5.11 Å². The molecule has 0 aromatic carbocycles. The summed E-state index contributed by atoms with van der Waals surface area (Å²) < 4.78 is 0. The van der Waals surface area contributed by atoms with Gasteiger partial charge in [-0.1, -0.05) is 6.92 Å². The summed E-state index contributed by atoms with van der Waals surface area (Å²) in [5.41, 5.74) is 1.13. The Morgan fingerprint density at radius 2 is 2.05 bits per heavy atom. The van der Waals surface area contributed by atoms with Gasteiger partial charge in [0.05, 0.1) is 5.60 Å². The van der Waals surface area contributed by atoms with Gasteiger partial charge in [-0.3, -0.25) is 0 Å². The van der Waals surface area contributed by atoms with Crippen molar-refractivity contribution in [2.45, 2.75) is 59.1 Å². The standard InChI is InChI=1S/C16H24N4OS/c1-6-11(3)19-15-18-8-10(2)13(20-15)14-17-9-12(22-14)7-16(4,5)21/h8-9,11,21H,6-7H2,1-5H3,(H,18,19,20). The minimum absolute atomic E-state index is 0.331. The van der Waals surface area contributed by atoms with Crippen LogP contribution in [-0.2, 0) is 6.42 Å². The van der Waals surface area contributed by atoms with Crippen LogP contribution in [-0.4, -0.2) is 31.7 Å². The molecule has 0 amide bonds. The minimum Gasteiger partial charge on any atom is -0.390 e. The van der Waals surface area contributed by atoms with E-state index in [-0.39, 0.29) is 0 Å². The van der Waals surface area contributed by atoms with Crippen molar-refractivity contribution in [3.8, 4) is 10.7 Å². The van der Waals surface area contributed by atoms with Gasteiger partial charge in [0.1, 0.15) is 10.7 Å². The van der Waals surface area contributed by atoms with Gasteiger partial charge in [-0.15, -0.1) is 11.3 Å². The molecule has 22 heavy (non-hydrogen) atoms. The Hall–Kier alpha value is -1.53. The molecule has 2 aromatic heterocycles. The van der Waals surface area contributed by atoms with E-state index in [4.69, 9.17) is 0 Å². The normalized spacial score (nSPS) is 13.2. The molecule has 0 aliphatic carbocycles. The predicted octanol–water partition coefficient (Wildman–Crippen LogP) is 3.43. The highest BCUT2D eigenvalue weighted by atomic mass is 32.1. The Kier molecular flexibility index (Phi) is 5.13. The summed E-state index contributed by atoms with van der Waals surface area (Å²) in [5, 5.41) is 14.1. The lowest BCUT2D eigenvalue weighted by molar-refractivity contribution is 0.0818. The summed E-state index contributed by atoms with van der Waals surface area (Å²) in [4.78, 5) is 14.5. The van der Waals surface area contributed by atoms with E-state index < -0.39 is 5.60 Å². The summed E-state index contributed by atoms with van der Waals surface area (Å²) in [6.07, 6.45) is 5.25. The predicted molar refractivity (Wildman–Crippen MR) is 91.3 cm³/mol. The first-order valence-corrected chi connectivity index (χ1v) is 8.38. The SMILES string of the molecule is CCC(C)Nc1ncc(C)c(-c2ncc(CC(C)(C)O)s2)n1. The monoisotopic (exact) mass is 320 g/mol. The van der Waals surface area contributed by atoms with E-state index in [2.05, 4.69) is 34.1 Å². The second-order valence-corrected chi connectivity index (χ2v) is 7.41. The van der Waals surface area contributed by atoms with Crippen LogP contribution in [0.4, 0.5) is 5.95 Å². The Morgan fingerprint density at radius 3 is 2.68 bits per heavy atom. The average Bonchev–Trinajstić information content (AvgIpc) is 2.86. The molecule has 0 bridgehead atoms. The second kappa shape index (κ2) is 6.71. The molecule has 2 aromatic rings. The zero-order valence-corrected chi connectivity index (χ0v) is 14.7. The summed E-state index contributed by atoms with van der Waals surface area (Å²) in [6, 6.07) is 0.331. The topological polar surface area (TPSA) is 70.9 Å². The van der Waals surface area contributed by atoms with Crippen LogP contribution in [0.3, 0.4) is 0 Å². The molecular weight excluding hydrogens is 296 g/mol. The Labute approximate surface area is 135 Å². The molecule has 5 nitrogen and oxygen atoms in total. The molecule has 0 radical (unpaired) electrons. The van der Waals surface area contributed by atoms with Crippen molar-refractivity contribution in [3.63, 3.8) is 0 Å². The van der Waals surface area contributed by atoms with Crippen LogP contribution in [0.15, 0.2) is 12.4 Å². The van der Waals surface area contributed by atoms with Crippen LogP contribution in [0.2, 0.25) is 0 Å². The number of anilines is 1. The van der Waals surface area contributed by atoms with E-state index >= 15 is 0 Å². The number of nitrogens with zero attached hydrogens (tertiary/aromatic N) is 3. The van der Waals surface area contributed by atoms with E-state index in [1.54, 1.807) is 25.2 Å². The van der Waals surface area contributed by atoms with E-state index in [0.29, 0.717) is 18.4 Å². The third-order valence-electron chi connectivity index (χ3n) is 3.32. The van der Waals surface area contributed by atoms with Gasteiger partial charge >= 0.3 is 0 Å². The molecule has 120 valence electrons. The molecular formula is C16H24N4OS. The number of nitrogens with one attached hydrogen (secondary N) is 1. The fourth-order valence-corrected chi connectivity index (χ4v) is 3.16. The molecule has 2 N–H and O–H groups in total. The lowest BCUT2D eigenvalue weighted by atomic mass is 10.1. The lowest BCUT2D eigenvalue weighted by Crippen LogP contribution is -2.21. The van der Waals surface area contributed by atoms with E-state index in [9.17, 15) is 5.11 Å². The molecule has 0 aliphatic heterocycles. The van der Waals surface area contributed by atoms with Crippen molar-refractivity contribution >= 4 is 17.3 Å². The molecule has 2 rings (SSSR count). The Bertz CT molecular complexity index is 633. The minimum atomic E-state index is -0.728. The van der Waals surface area contributed by atoms with Gasteiger partial charge in [0.25, 0.3) is 0 Å². The van der Waals surface area contributed by atoms with E-state index in [0.717, 1.165) is 27.6 Å². The number of aliphatic hydroxyl groups is 1. The van der Waals surface area contributed by atoms with Gasteiger partial charge in [-0.2, -0.15) is 0 Å². The number of rotatable bonds is 6. The maximum absolute atomic E-state index is 9.92. The Morgan fingerprint density at radius 1 is 1.32 bits per heavy atom. The average molecular weight is 320 g/mol. The first-order valence-electron chi connectivity index (χ1n) is 7.56. The van der Waals surface area contributed by atoms with Crippen LogP contribution in [0, 0.1) is 6.92 Å². The van der Waals surface area contributed by atoms with Crippen molar-refractivity contribution in [2.24, 2.45) is 0 Å². The molecule has 6 heteroatoms. The van der Waals surface area contributed by atoms with Gasteiger partial charge in [-0.05, 0) is 39.7 Å². The molecule has 2 heterocycles. The number of aromatic nitrogens is 3. The van der Waals surface area contributed by atoms with Gasteiger partial charge in [0, 0.05) is 29.7 Å². The molecule has 1 atom stereocenters. The summed E-state index contributed by atoms with van der Waals surface area (Å²) >= 11 is 1.57. The highest BCUT2D eigenvalue weighted by molar-refractivity contribution is 7.15. The largest absolute Gasteiger partial charge is 0.390 e. The fraction of sp³-hybridized carbons (Fsp3) is 0.562. The van der Waals surface area contributed by atoms with Crippen LogP contribution >= 0.6 is 11.3 Å². The highest BCUT2D eigenvalue weighted by Crippen LogP contribution is 2.28. The third-order valence-corrected chi connectivity index (χ3v) is 4.33. The third kappa shape index (κ3) is 4.48. The first kappa shape index (κ1) is 16.8. The quantitative estimate of drug-likeness (QED) is 0.853. The van der Waals surface area contributed by atoms with E-state index in [1.807, 2.05) is 19.3 Å². The van der Waals surface area contributed by atoms with Crippen molar-refractivity contribution in [2.75, 3.05) is 5.32 Å². The molecule has 1 unspecified atom stereocenters. The van der Waals surface area contributed by atoms with Gasteiger partial charge < -0.3 is 10.4 Å². The number of hydrogen-bond acceptors (Lipinski definition) is 6. The molecule has 0 aliphatic rings. The maximum atomic E-state index is 9.92. The smallest absolute Gasteiger partial charge is 0.223 e. The van der Waals surface area contributed by atoms with Gasteiger partial charge in [0.15, 0.2) is 0 Å². The number of hydrogen-bond donors (Lipinski definition) is 2. The molecule has 0 spiro atoms. The molecule has 0 saturated heterocycles. The van der Waals surface area contributed by atoms with Gasteiger partial charge in [0.2, 0.25) is 5.95 Å². The van der Waals surface area contributed by atoms with Gasteiger partial charge in [-0.25, -0.2) is 15.0 Å². The summed E-state index contributed by atoms with van der Waals surface area (Å²) in [7, 11) is 0. The highest BCUT2D eigenvalue weighted by Gasteiger charge is 2.17. The molecule has 0 saturated carbocycles. The van der Waals surface area contributed by atoms with Crippen molar-refractivity contribution in [3.05, 3.63) is 22.8 Å². The first-order chi connectivity index (χ1) is 10.3. The van der Waals surface area contributed by atoms with Crippen LogP contribution < -0.4 is 5.32 Å². The van der Waals surface area contributed by atoms with Crippen LogP contribution in [0.1, 0.15) is 44.6 Å². The second-order valence-electron chi connectivity index (χ2n) is 6.30. The summed E-state index contributed by atoms with van der Waals surface area (Å²) in [5.74, 6) is 0.634. The van der Waals surface area contributed by atoms with E-state index in [1.165, 1.54) is 0 Å². The summed E-state index contributed by atoms with van der Waals surface area (Å²) in [6.45, 7) is 9.82. The van der Waals surface area contributed by atoms with Crippen LogP contribution in [0.25, 0.3) is 10.7 Å². The number of thiazole rings is 1.